The van der Waals surface area contributed by atoms with E-state index in [0.717, 1.165) is 6.07 Å². The third kappa shape index (κ3) is 6.24. The van der Waals surface area contributed by atoms with Crippen LogP contribution in [0, 0.1) is 6.92 Å². The van der Waals surface area contributed by atoms with Crippen molar-refractivity contribution in [3.8, 4) is 23.0 Å². The second-order valence-corrected chi connectivity index (χ2v) is 8.97. The van der Waals surface area contributed by atoms with Gasteiger partial charge in [0.1, 0.15) is 24.2 Å². The Kier molecular flexibility index (Phi) is 8.70. The van der Waals surface area contributed by atoms with Gasteiger partial charge in [-0.05, 0) is 42.3 Å². The van der Waals surface area contributed by atoms with Gasteiger partial charge in [0, 0.05) is 19.6 Å². The highest BCUT2D eigenvalue weighted by Gasteiger charge is 2.29. The van der Waals surface area contributed by atoms with Gasteiger partial charge < -0.3 is 34.2 Å². The van der Waals surface area contributed by atoms with Gasteiger partial charge in [0.25, 0.3) is 0 Å². The minimum absolute atomic E-state index is 0.0887. The Morgan fingerprint density at radius 2 is 1.77 bits per heavy atom. The minimum atomic E-state index is -0.908. The first-order valence-electron chi connectivity index (χ1n) is 12.3. The number of nitrogens with zero attached hydrogens (tertiary/aromatic N) is 2. The van der Waals surface area contributed by atoms with Crippen LogP contribution in [0.25, 0.3) is 0 Å². The molecule has 0 saturated carbocycles. The van der Waals surface area contributed by atoms with Crippen LogP contribution in [0.3, 0.4) is 0 Å². The fourth-order valence-electron chi connectivity index (χ4n) is 4.27. The van der Waals surface area contributed by atoms with Gasteiger partial charge in [-0.15, -0.1) is 0 Å². The van der Waals surface area contributed by atoms with Crippen LogP contribution in [-0.2, 0) is 16.1 Å². The molecule has 0 fully saturated rings. The molecule has 0 aliphatic rings. The van der Waals surface area contributed by atoms with Gasteiger partial charge in [-0.25, -0.2) is 4.98 Å². The van der Waals surface area contributed by atoms with Crippen molar-refractivity contribution in [3.63, 3.8) is 0 Å². The predicted octanol–water partition coefficient (Wildman–Crippen LogP) is 3.07. The zero-order chi connectivity index (χ0) is 28.8. The Balaban J connectivity index is 1.72. The monoisotopic (exact) mass is 550 g/mol. The Morgan fingerprint density at radius 1 is 1.05 bits per heavy atom. The number of hydrogen-bond donors (Lipinski definition) is 4. The molecule has 2 heterocycles. The number of amides is 1. The summed E-state index contributed by atoms with van der Waals surface area (Å²) in [7, 11) is 4.47. The molecule has 0 radical (unpaired) electrons. The van der Waals surface area contributed by atoms with Crippen molar-refractivity contribution in [1.29, 1.82) is 0 Å². The van der Waals surface area contributed by atoms with Crippen molar-refractivity contribution in [3.05, 3.63) is 93.1 Å². The van der Waals surface area contributed by atoms with E-state index in [4.69, 9.17) is 18.6 Å². The molecule has 2 aromatic heterocycles. The third-order valence-corrected chi connectivity index (χ3v) is 6.23. The molecule has 4 N–H and O–H groups in total. The molecular weight excluding hydrogens is 520 g/mol. The number of benzene rings is 2. The molecule has 4 aromatic rings. The van der Waals surface area contributed by atoms with Gasteiger partial charge in [0.2, 0.25) is 17.1 Å². The summed E-state index contributed by atoms with van der Waals surface area (Å²) in [4.78, 5) is 30.5. The summed E-state index contributed by atoms with van der Waals surface area (Å²) in [6.45, 7) is 1.77. The van der Waals surface area contributed by atoms with E-state index in [-0.39, 0.29) is 36.0 Å². The molecule has 4 rings (SSSR count). The lowest BCUT2D eigenvalue weighted by Gasteiger charge is -2.21. The summed E-state index contributed by atoms with van der Waals surface area (Å²) in [5.41, 5.74) is 0.512. The number of rotatable bonds is 11. The highest BCUT2D eigenvalue weighted by Crippen LogP contribution is 2.37. The van der Waals surface area contributed by atoms with Crippen LogP contribution in [-0.4, -0.2) is 52.6 Å². The number of H-pyrrole nitrogens is 1. The molecule has 0 saturated heterocycles. The van der Waals surface area contributed by atoms with E-state index in [1.54, 1.807) is 44.4 Å². The van der Waals surface area contributed by atoms with Crippen molar-refractivity contribution < 1.29 is 33.6 Å². The normalized spacial score (nSPS) is 12.5. The molecule has 2 aromatic carbocycles. The number of hydrogen-bond acceptors (Lipinski definition) is 10. The number of aromatic amines is 1. The Hall–Kier alpha value is -4.84. The number of nitrogens with one attached hydrogen (secondary N) is 2. The molecule has 210 valence electrons. The largest absolute Gasteiger partial charge is 0.504 e. The molecule has 40 heavy (non-hydrogen) atoms. The molecule has 1 amide bonds. The number of aromatic nitrogens is 3. The maximum atomic E-state index is 13.6. The molecule has 0 bridgehead atoms. The summed E-state index contributed by atoms with van der Waals surface area (Å²) in [5, 5.41) is 30.7. The van der Waals surface area contributed by atoms with Crippen LogP contribution in [0.5, 0.6) is 23.0 Å². The van der Waals surface area contributed by atoms with Gasteiger partial charge in [0.15, 0.2) is 28.9 Å². The highest BCUT2D eigenvalue weighted by atomic mass is 16.5. The van der Waals surface area contributed by atoms with E-state index in [1.165, 1.54) is 26.4 Å². The lowest BCUT2D eigenvalue weighted by atomic mass is 9.91. The number of carbonyl (C=O) groups is 1. The zero-order valence-electron chi connectivity index (χ0n) is 22.4. The first-order chi connectivity index (χ1) is 19.2. The molecule has 0 aliphatic heterocycles. The summed E-state index contributed by atoms with van der Waals surface area (Å²) >= 11 is 0. The van der Waals surface area contributed by atoms with Crippen LogP contribution in [0.1, 0.15) is 52.7 Å². The smallest absolute Gasteiger partial charge is 0.227 e. The van der Waals surface area contributed by atoms with Gasteiger partial charge in [-0.3, -0.25) is 14.7 Å². The minimum Gasteiger partial charge on any atom is -0.504 e. The summed E-state index contributed by atoms with van der Waals surface area (Å²) < 4.78 is 21.4. The number of carbonyl (C=O) groups excluding carboxylic acids is 1. The Bertz CT molecular complexity index is 1530. The van der Waals surface area contributed by atoms with Crippen LogP contribution in [0.4, 0.5) is 0 Å². The highest BCUT2D eigenvalue weighted by molar-refractivity contribution is 5.78. The molecular formula is C28H30N4O8. The van der Waals surface area contributed by atoms with Gasteiger partial charge in [0.05, 0.1) is 20.1 Å². The van der Waals surface area contributed by atoms with Gasteiger partial charge >= 0.3 is 0 Å². The molecule has 0 unspecified atom stereocenters. The maximum absolute atomic E-state index is 13.6. The average molecular weight is 551 g/mol. The second kappa shape index (κ2) is 12.3. The molecule has 0 spiro atoms. The predicted molar refractivity (Wildman–Crippen MR) is 143 cm³/mol. The number of phenols is 1. The number of methoxy groups -OCH3 is 3. The van der Waals surface area contributed by atoms with Crippen LogP contribution < -0.4 is 20.2 Å². The van der Waals surface area contributed by atoms with Crippen molar-refractivity contribution >= 4 is 5.91 Å². The van der Waals surface area contributed by atoms with Crippen LogP contribution in [0.15, 0.2) is 57.7 Å². The van der Waals surface area contributed by atoms with E-state index >= 15 is 0 Å². The van der Waals surface area contributed by atoms with Crippen molar-refractivity contribution in [1.82, 2.24) is 20.5 Å². The van der Waals surface area contributed by atoms with E-state index in [0.29, 0.717) is 28.5 Å². The van der Waals surface area contributed by atoms with Gasteiger partial charge in [-0.1, -0.05) is 18.2 Å². The fraction of sp³-hybridized carbons (Fsp3) is 0.286. The van der Waals surface area contributed by atoms with Crippen molar-refractivity contribution in [2.24, 2.45) is 0 Å². The van der Waals surface area contributed by atoms with E-state index in [1.807, 2.05) is 0 Å². The topological polar surface area (TPSA) is 169 Å². The zero-order valence-corrected chi connectivity index (χ0v) is 22.4. The Labute approximate surface area is 229 Å². The van der Waals surface area contributed by atoms with Crippen molar-refractivity contribution in [2.45, 2.75) is 31.9 Å². The Morgan fingerprint density at radius 3 is 2.45 bits per heavy atom. The molecule has 12 heteroatoms. The first-order valence-corrected chi connectivity index (χ1v) is 12.3. The molecule has 2 atom stereocenters. The SMILES string of the molecule is COCc1nc([C@H](NC(=O)C[C@H](c2ccc(O)c(OC)c2)c2oc(C)cc(=O)c2O)c2ccc(OC)cc2)n[nH]1. The standard InChI is InChI=1S/C28H30N4O8/c1-15-11-21(34)26(36)27(40-15)19(17-7-10-20(33)22(12-17)39-4)13-24(35)30-25(16-5-8-18(38-3)9-6-16)28-29-23(14-37-2)31-32-28/h5-12,19,25,33,36H,13-14H2,1-4H3,(H,30,35)(H,29,31,32)/t19-,25-/m1/s1. The quantitative estimate of drug-likeness (QED) is 0.218. The summed E-state index contributed by atoms with van der Waals surface area (Å²) in [6, 6.07) is 11.9. The summed E-state index contributed by atoms with van der Waals surface area (Å²) in [5.74, 6) is -0.347. The number of aromatic hydroxyl groups is 2. The lowest BCUT2D eigenvalue weighted by molar-refractivity contribution is -0.122. The van der Waals surface area contributed by atoms with Crippen LogP contribution >= 0.6 is 0 Å². The number of phenolic OH excluding ortho intramolecular Hbond substituents is 1. The molecule has 0 aliphatic carbocycles. The van der Waals surface area contributed by atoms with E-state index in [9.17, 15) is 19.8 Å². The third-order valence-electron chi connectivity index (χ3n) is 6.23. The maximum Gasteiger partial charge on any atom is 0.227 e. The van der Waals surface area contributed by atoms with Crippen LogP contribution in [0.2, 0.25) is 0 Å². The van der Waals surface area contributed by atoms with Crippen molar-refractivity contribution in [2.75, 3.05) is 21.3 Å². The van der Waals surface area contributed by atoms with Gasteiger partial charge in [-0.2, -0.15) is 5.10 Å². The van der Waals surface area contributed by atoms with E-state index < -0.39 is 29.0 Å². The second-order valence-electron chi connectivity index (χ2n) is 8.97. The molecule has 12 nitrogen and oxygen atoms in total. The average Bonchev–Trinajstić information content (AvgIpc) is 3.41. The summed E-state index contributed by atoms with van der Waals surface area (Å²) in [6.07, 6.45) is -0.240. The van der Waals surface area contributed by atoms with E-state index in [2.05, 4.69) is 20.5 Å². The first kappa shape index (κ1) is 28.2. The number of aryl methyl sites for hydroxylation is 1. The number of ether oxygens (including phenoxy) is 3. The fourth-order valence-corrected chi connectivity index (χ4v) is 4.27. The lowest BCUT2D eigenvalue weighted by Crippen LogP contribution is -2.31.